The second-order valence-corrected chi connectivity index (χ2v) is 5.61. The van der Waals surface area contributed by atoms with Gasteiger partial charge in [-0.15, -0.1) is 12.3 Å². The molecule has 0 fully saturated rings. The molecule has 0 aromatic carbocycles. The lowest BCUT2D eigenvalue weighted by Gasteiger charge is -2.16. The van der Waals surface area contributed by atoms with Gasteiger partial charge in [0.1, 0.15) is 0 Å². The number of terminal acetylenes is 1. The molecule has 1 nitrogen and oxygen atoms in total. The summed E-state index contributed by atoms with van der Waals surface area (Å²) in [6.07, 6.45) is 21.4. The molecule has 0 aliphatic heterocycles. The Morgan fingerprint density at radius 2 is 1.42 bits per heavy atom. The average molecular weight is 265 g/mol. The normalized spacial score (nSPS) is 12.3. The quantitative estimate of drug-likeness (QED) is 0.332. The van der Waals surface area contributed by atoms with E-state index in [1.807, 2.05) is 0 Å². The van der Waals surface area contributed by atoms with E-state index in [9.17, 15) is 0 Å². The van der Waals surface area contributed by atoms with E-state index >= 15 is 0 Å². The topological polar surface area (TPSA) is 12.0 Å². The largest absolute Gasteiger partial charge is 0.314 e. The lowest BCUT2D eigenvalue weighted by Crippen LogP contribution is -2.28. The summed E-state index contributed by atoms with van der Waals surface area (Å²) in [7, 11) is 0. The maximum Gasteiger partial charge on any atom is 0.0101 e. The SMILES string of the molecule is C#CCCC(CCCCCCCCCCC)NCC. The molecular formula is C18H35N. The Balaban J connectivity index is 3.32. The number of rotatable bonds is 14. The van der Waals surface area contributed by atoms with Crippen LogP contribution in [0.4, 0.5) is 0 Å². The minimum Gasteiger partial charge on any atom is -0.314 e. The molecule has 112 valence electrons. The molecule has 1 unspecified atom stereocenters. The van der Waals surface area contributed by atoms with Crippen molar-refractivity contribution in [1.29, 1.82) is 0 Å². The molecule has 0 radical (unpaired) electrons. The van der Waals surface area contributed by atoms with Crippen LogP contribution >= 0.6 is 0 Å². The summed E-state index contributed by atoms with van der Waals surface area (Å²) in [6.45, 7) is 5.52. The summed E-state index contributed by atoms with van der Waals surface area (Å²) < 4.78 is 0. The van der Waals surface area contributed by atoms with Crippen molar-refractivity contribution < 1.29 is 0 Å². The van der Waals surface area contributed by atoms with Crippen LogP contribution in [0, 0.1) is 12.3 Å². The van der Waals surface area contributed by atoms with Crippen molar-refractivity contribution in [2.24, 2.45) is 0 Å². The highest BCUT2D eigenvalue weighted by atomic mass is 14.9. The molecule has 0 saturated heterocycles. The smallest absolute Gasteiger partial charge is 0.0101 e. The van der Waals surface area contributed by atoms with Gasteiger partial charge in [0.25, 0.3) is 0 Å². The van der Waals surface area contributed by atoms with Gasteiger partial charge in [-0.3, -0.25) is 0 Å². The van der Waals surface area contributed by atoms with Crippen LogP contribution in [0.3, 0.4) is 0 Å². The first-order valence-corrected chi connectivity index (χ1v) is 8.52. The second kappa shape index (κ2) is 15.6. The average Bonchev–Trinajstić information content (AvgIpc) is 2.42. The number of hydrogen-bond acceptors (Lipinski definition) is 1. The molecule has 0 bridgehead atoms. The third-order valence-corrected chi connectivity index (χ3v) is 3.79. The van der Waals surface area contributed by atoms with Crippen LogP contribution in [-0.2, 0) is 0 Å². The van der Waals surface area contributed by atoms with Gasteiger partial charge in [0.05, 0.1) is 0 Å². The molecule has 0 rings (SSSR count). The van der Waals surface area contributed by atoms with Crippen molar-refractivity contribution in [1.82, 2.24) is 5.32 Å². The Morgan fingerprint density at radius 1 is 0.842 bits per heavy atom. The molecule has 0 aliphatic rings. The molecule has 1 heteroatoms. The summed E-state index contributed by atoms with van der Waals surface area (Å²) in [6, 6.07) is 0.644. The van der Waals surface area contributed by atoms with Gasteiger partial charge in [-0.25, -0.2) is 0 Å². The van der Waals surface area contributed by atoms with Gasteiger partial charge in [-0.2, -0.15) is 0 Å². The van der Waals surface area contributed by atoms with Crippen LogP contribution in [0.1, 0.15) is 90.9 Å². The monoisotopic (exact) mass is 265 g/mol. The first-order valence-electron chi connectivity index (χ1n) is 8.52. The van der Waals surface area contributed by atoms with Crippen molar-refractivity contribution in [3.8, 4) is 12.3 Å². The molecule has 0 spiro atoms. The van der Waals surface area contributed by atoms with E-state index in [-0.39, 0.29) is 0 Å². The van der Waals surface area contributed by atoms with E-state index in [0.29, 0.717) is 6.04 Å². The van der Waals surface area contributed by atoms with Crippen LogP contribution in [0.25, 0.3) is 0 Å². The fourth-order valence-electron chi connectivity index (χ4n) is 2.60. The van der Waals surface area contributed by atoms with Gasteiger partial charge < -0.3 is 5.32 Å². The van der Waals surface area contributed by atoms with E-state index in [1.165, 1.54) is 64.2 Å². The highest BCUT2D eigenvalue weighted by molar-refractivity contribution is 4.85. The Morgan fingerprint density at radius 3 is 1.95 bits per heavy atom. The zero-order valence-corrected chi connectivity index (χ0v) is 13.3. The van der Waals surface area contributed by atoms with Gasteiger partial charge in [0.15, 0.2) is 0 Å². The molecule has 0 aliphatic carbocycles. The third-order valence-electron chi connectivity index (χ3n) is 3.79. The summed E-state index contributed by atoms with van der Waals surface area (Å²) in [5.74, 6) is 2.75. The van der Waals surface area contributed by atoms with Crippen molar-refractivity contribution in [2.75, 3.05) is 6.54 Å². The number of unbranched alkanes of at least 4 members (excludes halogenated alkanes) is 8. The molecule has 1 atom stereocenters. The second-order valence-electron chi connectivity index (χ2n) is 5.61. The molecule has 0 heterocycles. The van der Waals surface area contributed by atoms with Crippen LogP contribution in [0.2, 0.25) is 0 Å². The van der Waals surface area contributed by atoms with Gasteiger partial charge in [-0.1, -0.05) is 71.6 Å². The maximum atomic E-state index is 5.34. The van der Waals surface area contributed by atoms with Crippen LogP contribution in [-0.4, -0.2) is 12.6 Å². The first kappa shape index (κ1) is 18.5. The zero-order chi connectivity index (χ0) is 14.2. The highest BCUT2D eigenvalue weighted by Gasteiger charge is 2.05. The molecule has 0 aromatic rings. The molecule has 0 amide bonds. The summed E-state index contributed by atoms with van der Waals surface area (Å²) in [4.78, 5) is 0. The van der Waals surface area contributed by atoms with Crippen molar-refractivity contribution >= 4 is 0 Å². The van der Waals surface area contributed by atoms with Crippen LogP contribution < -0.4 is 5.32 Å². The van der Waals surface area contributed by atoms with E-state index in [0.717, 1.165) is 19.4 Å². The summed E-state index contributed by atoms with van der Waals surface area (Å²) in [5.41, 5.74) is 0. The predicted octanol–water partition coefficient (Wildman–Crippen LogP) is 5.30. The lowest BCUT2D eigenvalue weighted by atomic mass is 10.0. The van der Waals surface area contributed by atoms with Crippen molar-refractivity contribution in [3.05, 3.63) is 0 Å². The van der Waals surface area contributed by atoms with Gasteiger partial charge >= 0.3 is 0 Å². The zero-order valence-electron chi connectivity index (χ0n) is 13.3. The Kier molecular flexibility index (Phi) is 15.2. The number of hydrogen-bond donors (Lipinski definition) is 1. The third kappa shape index (κ3) is 13.7. The minimum absolute atomic E-state index is 0.644. The minimum atomic E-state index is 0.644. The maximum absolute atomic E-state index is 5.34. The lowest BCUT2D eigenvalue weighted by molar-refractivity contribution is 0.442. The van der Waals surface area contributed by atoms with E-state index in [4.69, 9.17) is 6.42 Å². The molecule has 0 aromatic heterocycles. The van der Waals surface area contributed by atoms with E-state index in [1.54, 1.807) is 0 Å². The van der Waals surface area contributed by atoms with E-state index < -0.39 is 0 Å². The Labute approximate surface area is 121 Å². The molecule has 19 heavy (non-hydrogen) atoms. The molecule has 0 saturated carbocycles. The fraction of sp³-hybridized carbons (Fsp3) is 0.889. The van der Waals surface area contributed by atoms with Crippen molar-refractivity contribution in [3.63, 3.8) is 0 Å². The Hall–Kier alpha value is -0.480. The van der Waals surface area contributed by atoms with E-state index in [2.05, 4.69) is 25.1 Å². The van der Waals surface area contributed by atoms with Crippen LogP contribution in [0.15, 0.2) is 0 Å². The highest BCUT2D eigenvalue weighted by Crippen LogP contribution is 2.12. The number of nitrogens with one attached hydrogen (secondary N) is 1. The summed E-state index contributed by atoms with van der Waals surface area (Å²) in [5, 5.41) is 3.55. The standard InChI is InChI=1S/C18H35N/c1-4-7-9-10-11-12-13-14-15-17-18(19-6-3)16-8-5-2/h2,18-19H,4,6-17H2,1,3H3. The first-order chi connectivity index (χ1) is 9.35. The Bertz CT molecular complexity index is 204. The van der Waals surface area contributed by atoms with Gasteiger partial charge in [0, 0.05) is 12.5 Å². The predicted molar refractivity (Wildman–Crippen MR) is 87.4 cm³/mol. The summed E-state index contributed by atoms with van der Waals surface area (Å²) >= 11 is 0. The van der Waals surface area contributed by atoms with Gasteiger partial charge in [0.2, 0.25) is 0 Å². The molecular weight excluding hydrogens is 230 g/mol. The molecule has 1 N–H and O–H groups in total. The van der Waals surface area contributed by atoms with Crippen LogP contribution in [0.5, 0.6) is 0 Å². The van der Waals surface area contributed by atoms with Crippen molar-refractivity contribution in [2.45, 2.75) is 96.9 Å². The fourth-order valence-corrected chi connectivity index (χ4v) is 2.60. The van der Waals surface area contributed by atoms with Gasteiger partial charge in [-0.05, 0) is 19.4 Å².